The molecule has 0 bridgehead atoms. The Hall–Kier alpha value is -12.7. The van der Waals surface area contributed by atoms with Crippen molar-refractivity contribution >= 4 is 256 Å². The first-order valence-electron chi connectivity index (χ1n) is 37.2. The van der Waals surface area contributed by atoms with Crippen molar-refractivity contribution in [3.8, 4) is 0 Å². The van der Waals surface area contributed by atoms with Crippen molar-refractivity contribution in [3.63, 3.8) is 0 Å². The van der Waals surface area contributed by atoms with E-state index in [-0.39, 0.29) is 29.9 Å². The van der Waals surface area contributed by atoms with Crippen molar-refractivity contribution in [2.75, 3.05) is 29.4 Å². The molecule has 18 aromatic carbocycles. The summed E-state index contributed by atoms with van der Waals surface area (Å²) in [6.07, 6.45) is 0. The molecule has 0 saturated heterocycles. The van der Waals surface area contributed by atoms with Gasteiger partial charge in [-0.05, 0) is 137 Å². The molecular weight excluding hydrogens is 1510 g/mol. The predicted octanol–water partition coefficient (Wildman–Crippen LogP) is 26.1. The summed E-state index contributed by atoms with van der Waals surface area (Å²) in [5, 5.41) is 15.2. The van der Waals surface area contributed by atoms with Crippen LogP contribution in [-0.4, -0.2) is 29.9 Å². The molecular formula is C100H62N6S2Se2. The zero-order valence-electron chi connectivity index (χ0n) is 59.1. The number of nitrogens with zero attached hydrogens (tertiary/aromatic N) is 6. The molecule has 0 aliphatic carbocycles. The quantitative estimate of drug-likeness (QED) is 0.121. The average molecular weight is 1570 g/mol. The fourth-order valence-electron chi connectivity index (χ4n) is 17.4. The number of fused-ring (bicyclic) bond motifs is 18. The SMILES string of the molecule is c1ccc(N2c3ccccc3N(c3ccc4cc5cc(N6c7ccccc7N(c7ccccc7)c7cc8c(cc76)sc6ccccc68)ccc5cc4c3)c3ccccc32)cc1.c1ccc2c(c1)[Se]c1ccccc1N2c1c2ccccc2c(N2c3ccccc3[Se]c3cc4c(cc32)sc2ccccc24)c2ccccc12. The van der Waals surface area contributed by atoms with Gasteiger partial charge in [-0.1, -0.05) is 103 Å². The van der Waals surface area contributed by atoms with Gasteiger partial charge >= 0.3 is 302 Å². The van der Waals surface area contributed by atoms with Crippen LogP contribution in [0.5, 0.6) is 0 Å². The Kier molecular flexibility index (Phi) is 14.7. The van der Waals surface area contributed by atoms with Gasteiger partial charge in [0.15, 0.2) is 0 Å². The zero-order valence-corrected chi connectivity index (χ0v) is 64.2. The topological polar surface area (TPSA) is 19.4 Å². The summed E-state index contributed by atoms with van der Waals surface area (Å²) in [5.41, 5.74) is 21.5. The minimum absolute atomic E-state index is 0.189. The summed E-state index contributed by atoms with van der Waals surface area (Å²) >= 11 is 4.20. The summed E-state index contributed by atoms with van der Waals surface area (Å²) in [4.78, 5) is 14.8. The van der Waals surface area contributed by atoms with Crippen molar-refractivity contribution in [3.05, 3.63) is 376 Å². The number of para-hydroxylation sites is 11. The first-order valence-corrected chi connectivity index (χ1v) is 42.3. The van der Waals surface area contributed by atoms with Gasteiger partial charge < -0.3 is 19.6 Å². The molecule has 0 fully saturated rings. The van der Waals surface area contributed by atoms with Gasteiger partial charge in [-0.2, -0.15) is 0 Å². The monoisotopic (exact) mass is 1570 g/mol. The second-order valence-electron chi connectivity index (χ2n) is 28.3. The van der Waals surface area contributed by atoms with E-state index < -0.39 is 0 Å². The van der Waals surface area contributed by atoms with Crippen LogP contribution in [0.1, 0.15) is 0 Å². The van der Waals surface area contributed by atoms with E-state index in [1.807, 2.05) is 22.7 Å². The second-order valence-corrected chi connectivity index (χ2v) is 35.0. The number of thiophene rings is 2. The first-order chi connectivity index (χ1) is 54.6. The molecule has 0 N–H and O–H groups in total. The van der Waals surface area contributed by atoms with Crippen LogP contribution in [0.2, 0.25) is 0 Å². The van der Waals surface area contributed by atoms with Gasteiger partial charge in [0.05, 0.1) is 45.5 Å². The van der Waals surface area contributed by atoms with Crippen LogP contribution >= 0.6 is 22.7 Å². The number of hydrogen-bond donors (Lipinski definition) is 0. The second kappa shape index (κ2) is 25.5. The van der Waals surface area contributed by atoms with Gasteiger partial charge in [0.2, 0.25) is 0 Å². The third-order valence-electron chi connectivity index (χ3n) is 22.1. The number of rotatable bonds is 6. The van der Waals surface area contributed by atoms with E-state index in [0.717, 1.165) is 56.9 Å². The van der Waals surface area contributed by atoms with Crippen LogP contribution < -0.4 is 47.2 Å². The van der Waals surface area contributed by atoms with Crippen molar-refractivity contribution < 1.29 is 0 Å². The van der Waals surface area contributed by atoms with E-state index in [2.05, 4.69) is 406 Å². The molecule has 2 aromatic heterocycles. The van der Waals surface area contributed by atoms with Gasteiger partial charge in [-0.25, -0.2) is 0 Å². The number of hydrogen-bond acceptors (Lipinski definition) is 8. The Morgan fingerprint density at radius 1 is 0.164 bits per heavy atom. The molecule has 0 unspecified atom stereocenters. The molecule has 20 aromatic rings. The molecule has 516 valence electrons. The standard InChI is InChI=1S/C56H36N4S.C44H26N2SSe2/c1-3-15-41(16-4-1)57-47-20-8-11-23-50(47)59(51-24-12-9-21-48(51)57)43-29-27-37-32-40-34-44(30-28-38(40)31-39(37)33-43)60-52-25-13-10-22-49(52)58(42-17-5-2-6-18-42)53-35-46-45-19-7-14-26-55(45)61-56(46)36-54(53)60;1-3-16-30-28(14-1)43(45-33-18-6-10-22-39(33)48-40-23-11-7-19-34(40)45)29-15-2-4-17-31(29)44(30)46-35-20-8-12-24-41(35)49-42-25-32-27-13-5-9-21-37(27)47-38(32)26-36(42)46/h1-36H;1-26H. The van der Waals surface area contributed by atoms with E-state index in [1.54, 1.807) is 0 Å². The molecule has 0 radical (unpaired) electrons. The van der Waals surface area contributed by atoms with Crippen LogP contribution in [0.25, 0.3) is 83.4 Å². The van der Waals surface area contributed by atoms with Crippen molar-refractivity contribution in [2.45, 2.75) is 0 Å². The summed E-state index contributed by atoms with van der Waals surface area (Å²) in [7, 11) is 0. The van der Waals surface area contributed by atoms with Crippen LogP contribution in [0.3, 0.4) is 0 Å². The summed E-state index contributed by atoms with van der Waals surface area (Å²) in [5.74, 6) is 0. The molecule has 10 heteroatoms. The third-order valence-corrected chi connectivity index (χ3v) is 29.1. The summed E-state index contributed by atoms with van der Waals surface area (Å²) in [6, 6.07) is 139. The van der Waals surface area contributed by atoms with Crippen molar-refractivity contribution in [1.82, 2.24) is 0 Å². The van der Waals surface area contributed by atoms with E-state index in [0.29, 0.717) is 0 Å². The van der Waals surface area contributed by atoms with Gasteiger partial charge in [0.25, 0.3) is 0 Å². The Balaban J connectivity index is 0.000000135. The molecule has 110 heavy (non-hydrogen) atoms. The molecule has 0 amide bonds. The molecule has 0 spiro atoms. The number of benzene rings is 18. The van der Waals surface area contributed by atoms with E-state index in [4.69, 9.17) is 0 Å². The minimum atomic E-state index is 0.189. The normalized spacial score (nSPS) is 13.3. The van der Waals surface area contributed by atoms with E-state index in [9.17, 15) is 0 Å². The molecule has 6 heterocycles. The molecule has 4 aliphatic rings. The molecule has 0 saturated carbocycles. The van der Waals surface area contributed by atoms with Gasteiger partial charge in [-0.15, -0.1) is 11.3 Å². The van der Waals surface area contributed by atoms with Crippen LogP contribution in [0.15, 0.2) is 376 Å². The summed E-state index contributed by atoms with van der Waals surface area (Å²) < 4.78 is 11.0. The fourth-order valence-corrected chi connectivity index (χ4v) is 24.1. The van der Waals surface area contributed by atoms with Crippen LogP contribution in [0, 0.1) is 0 Å². The van der Waals surface area contributed by atoms with E-state index in [1.165, 1.54) is 147 Å². The predicted molar refractivity (Wildman–Crippen MR) is 474 cm³/mol. The van der Waals surface area contributed by atoms with E-state index >= 15 is 0 Å². The maximum atomic E-state index is 2.59. The van der Waals surface area contributed by atoms with Crippen molar-refractivity contribution in [2.24, 2.45) is 0 Å². The van der Waals surface area contributed by atoms with Gasteiger partial charge in [0, 0.05) is 42.9 Å². The number of anilines is 18. The fraction of sp³-hybridized carbons (Fsp3) is 0. The van der Waals surface area contributed by atoms with Crippen molar-refractivity contribution in [1.29, 1.82) is 0 Å². The van der Waals surface area contributed by atoms with Crippen LogP contribution in [0.4, 0.5) is 102 Å². The maximum absolute atomic E-state index is 2.59. The van der Waals surface area contributed by atoms with Crippen LogP contribution in [-0.2, 0) is 0 Å². The summed E-state index contributed by atoms with van der Waals surface area (Å²) in [6.45, 7) is 0. The average Bonchev–Trinajstić information content (AvgIpc) is 1.03. The zero-order chi connectivity index (χ0) is 72.1. The Bertz CT molecular complexity index is 7050. The molecule has 4 aliphatic heterocycles. The molecule has 24 rings (SSSR count). The Labute approximate surface area is 656 Å². The molecule has 0 atom stereocenters. The Morgan fingerprint density at radius 2 is 0.473 bits per heavy atom. The Morgan fingerprint density at radius 3 is 0.909 bits per heavy atom. The third kappa shape index (κ3) is 9.98. The first kappa shape index (κ1) is 63.4. The van der Waals surface area contributed by atoms with Gasteiger partial charge in [-0.3, -0.25) is 0 Å². The van der Waals surface area contributed by atoms with Gasteiger partial charge in [0.1, 0.15) is 0 Å². The molecule has 6 nitrogen and oxygen atoms in total.